The zero-order valence-corrected chi connectivity index (χ0v) is 13.0. The van der Waals surface area contributed by atoms with Crippen molar-refractivity contribution in [1.82, 2.24) is 15.1 Å². The molecule has 0 saturated carbocycles. The Hall–Kier alpha value is -1.30. The van der Waals surface area contributed by atoms with Crippen LogP contribution in [0.25, 0.3) is 0 Å². The first kappa shape index (κ1) is 16.1. The minimum atomic E-state index is -0.950. The summed E-state index contributed by atoms with van der Waals surface area (Å²) in [6, 6.07) is -0.432. The number of rotatable bonds is 4. The lowest BCUT2D eigenvalue weighted by Gasteiger charge is -2.47. The normalized spacial score (nSPS) is 27.8. The monoisotopic (exact) mass is 297 g/mol. The van der Waals surface area contributed by atoms with Gasteiger partial charge in [-0.05, 0) is 32.7 Å². The molecule has 0 radical (unpaired) electrons. The van der Waals surface area contributed by atoms with Crippen molar-refractivity contribution in [3.8, 4) is 0 Å². The van der Waals surface area contributed by atoms with Crippen LogP contribution in [0, 0.1) is 0 Å². The third kappa shape index (κ3) is 3.87. The number of aliphatic carboxylic acids is 1. The molecule has 6 heteroatoms. The van der Waals surface area contributed by atoms with Gasteiger partial charge >= 0.3 is 12.0 Å². The fourth-order valence-electron chi connectivity index (χ4n) is 3.41. The molecule has 0 spiro atoms. The first-order valence-corrected chi connectivity index (χ1v) is 8.07. The van der Waals surface area contributed by atoms with Gasteiger partial charge in [0.1, 0.15) is 6.04 Å². The molecule has 6 nitrogen and oxygen atoms in total. The van der Waals surface area contributed by atoms with Gasteiger partial charge in [-0.2, -0.15) is 0 Å². The molecule has 2 fully saturated rings. The van der Waals surface area contributed by atoms with Crippen LogP contribution in [0.2, 0.25) is 0 Å². The summed E-state index contributed by atoms with van der Waals surface area (Å²) in [6.07, 6.45) is 4.81. The number of carboxylic acids is 1. The lowest BCUT2D eigenvalue weighted by Crippen LogP contribution is -2.62. The summed E-state index contributed by atoms with van der Waals surface area (Å²) in [7, 11) is 0. The molecular weight excluding hydrogens is 270 g/mol. The van der Waals surface area contributed by atoms with E-state index >= 15 is 0 Å². The fourth-order valence-corrected chi connectivity index (χ4v) is 3.41. The van der Waals surface area contributed by atoms with Gasteiger partial charge in [0, 0.05) is 25.2 Å². The van der Waals surface area contributed by atoms with Crippen LogP contribution in [0.15, 0.2) is 0 Å². The second kappa shape index (κ2) is 7.11. The van der Waals surface area contributed by atoms with Gasteiger partial charge in [-0.25, -0.2) is 9.59 Å². The smallest absolute Gasteiger partial charge is 0.326 e. The summed E-state index contributed by atoms with van der Waals surface area (Å²) >= 11 is 0. The van der Waals surface area contributed by atoms with Crippen molar-refractivity contribution in [2.24, 2.45) is 0 Å². The summed E-state index contributed by atoms with van der Waals surface area (Å²) in [6.45, 7) is 6.69. The molecule has 0 aromatic heterocycles. The molecule has 3 atom stereocenters. The second-order valence-electron chi connectivity index (χ2n) is 6.27. The van der Waals surface area contributed by atoms with Crippen molar-refractivity contribution in [2.75, 3.05) is 19.6 Å². The highest BCUT2D eigenvalue weighted by atomic mass is 16.4. The Morgan fingerprint density at radius 3 is 2.76 bits per heavy atom. The van der Waals surface area contributed by atoms with E-state index in [1.54, 1.807) is 0 Å². The number of hydrogen-bond acceptors (Lipinski definition) is 3. The number of fused-ring (bicyclic) bond motifs is 1. The van der Waals surface area contributed by atoms with Gasteiger partial charge in [-0.1, -0.05) is 19.8 Å². The number of piperazine rings is 1. The summed E-state index contributed by atoms with van der Waals surface area (Å²) < 4.78 is 0. The van der Waals surface area contributed by atoms with E-state index < -0.39 is 12.0 Å². The maximum atomic E-state index is 12.4. The minimum absolute atomic E-state index is 0.135. The van der Waals surface area contributed by atoms with Gasteiger partial charge in [-0.15, -0.1) is 0 Å². The first-order chi connectivity index (χ1) is 10.0. The van der Waals surface area contributed by atoms with E-state index in [1.165, 1.54) is 12.8 Å². The Balaban J connectivity index is 1.96. The third-order valence-electron chi connectivity index (χ3n) is 4.62. The number of nitrogens with zero attached hydrogens (tertiary/aromatic N) is 2. The van der Waals surface area contributed by atoms with Crippen LogP contribution in [0.3, 0.4) is 0 Å². The van der Waals surface area contributed by atoms with Crippen molar-refractivity contribution in [3.05, 3.63) is 0 Å². The van der Waals surface area contributed by atoms with Crippen LogP contribution in [-0.4, -0.2) is 64.7 Å². The molecule has 2 heterocycles. The van der Waals surface area contributed by atoms with E-state index in [9.17, 15) is 9.59 Å². The lowest BCUT2D eigenvalue weighted by molar-refractivity contribution is -0.139. The van der Waals surface area contributed by atoms with Crippen molar-refractivity contribution in [1.29, 1.82) is 0 Å². The summed E-state index contributed by atoms with van der Waals surface area (Å²) in [4.78, 5) is 27.9. The molecule has 2 N–H and O–H groups in total. The van der Waals surface area contributed by atoms with E-state index in [0.717, 1.165) is 25.9 Å². The van der Waals surface area contributed by atoms with Crippen LogP contribution in [0.4, 0.5) is 4.79 Å². The molecule has 0 aromatic carbocycles. The lowest BCUT2D eigenvalue weighted by atomic mass is 9.97. The Morgan fingerprint density at radius 2 is 2.10 bits per heavy atom. The Morgan fingerprint density at radius 1 is 1.33 bits per heavy atom. The van der Waals surface area contributed by atoms with Gasteiger partial charge in [0.05, 0.1) is 0 Å². The maximum Gasteiger partial charge on any atom is 0.326 e. The van der Waals surface area contributed by atoms with E-state index in [4.69, 9.17) is 5.11 Å². The van der Waals surface area contributed by atoms with E-state index in [-0.39, 0.29) is 12.1 Å². The van der Waals surface area contributed by atoms with Gasteiger partial charge in [-0.3, -0.25) is 4.90 Å². The Kier molecular flexibility index (Phi) is 5.45. The number of nitrogens with one attached hydrogen (secondary N) is 1. The summed E-state index contributed by atoms with van der Waals surface area (Å²) in [5.41, 5.74) is 0. The van der Waals surface area contributed by atoms with Gasteiger partial charge < -0.3 is 15.3 Å². The number of carbonyl (C=O) groups excluding carboxylic acids is 1. The molecule has 0 bridgehead atoms. The van der Waals surface area contributed by atoms with E-state index in [2.05, 4.69) is 10.2 Å². The van der Waals surface area contributed by atoms with Crippen molar-refractivity contribution < 1.29 is 14.7 Å². The topological polar surface area (TPSA) is 72.9 Å². The quantitative estimate of drug-likeness (QED) is 0.825. The molecule has 3 unspecified atom stereocenters. The van der Waals surface area contributed by atoms with Gasteiger partial charge in [0.25, 0.3) is 0 Å². The molecule has 0 aliphatic carbocycles. The molecule has 2 saturated heterocycles. The molecular formula is C15H27N3O3. The number of urea groups is 1. The molecule has 2 rings (SSSR count). The van der Waals surface area contributed by atoms with Crippen LogP contribution in [0.5, 0.6) is 0 Å². The average molecular weight is 297 g/mol. The summed E-state index contributed by atoms with van der Waals surface area (Å²) in [5, 5.41) is 11.8. The highest BCUT2D eigenvalue weighted by Crippen LogP contribution is 2.24. The molecule has 120 valence electrons. The highest BCUT2D eigenvalue weighted by Gasteiger charge is 2.36. The Bertz CT molecular complexity index is 388. The van der Waals surface area contributed by atoms with Crippen molar-refractivity contribution >= 4 is 12.0 Å². The molecule has 2 amide bonds. The Labute approximate surface area is 126 Å². The zero-order chi connectivity index (χ0) is 15.4. The molecule has 2 aliphatic rings. The predicted octanol–water partition coefficient (Wildman–Crippen LogP) is 1.51. The number of hydrogen-bond donors (Lipinski definition) is 2. The number of carbonyl (C=O) groups is 2. The second-order valence-corrected chi connectivity index (χ2v) is 6.27. The number of amides is 2. The zero-order valence-electron chi connectivity index (χ0n) is 13.0. The standard InChI is InChI=1S/C15H27N3O3/c1-3-6-13(14(19)20)16-15(21)18-10-12-7-4-5-8-17(12)9-11(18)2/h11-13H,3-10H2,1-2H3,(H,16,21)(H,19,20). The minimum Gasteiger partial charge on any atom is -0.480 e. The average Bonchev–Trinajstić information content (AvgIpc) is 2.45. The molecule has 2 aliphatic heterocycles. The van der Waals surface area contributed by atoms with E-state index in [1.807, 2.05) is 18.7 Å². The predicted molar refractivity (Wildman–Crippen MR) is 80.2 cm³/mol. The number of carboxylic acid groups (broad SMARTS) is 1. The van der Waals surface area contributed by atoms with Gasteiger partial charge in [0.2, 0.25) is 0 Å². The fraction of sp³-hybridized carbons (Fsp3) is 0.867. The largest absolute Gasteiger partial charge is 0.480 e. The van der Waals surface area contributed by atoms with Crippen LogP contribution >= 0.6 is 0 Å². The van der Waals surface area contributed by atoms with E-state index in [0.29, 0.717) is 19.0 Å². The SMILES string of the molecule is CCCC(NC(=O)N1CC2CCCCN2CC1C)C(=O)O. The van der Waals surface area contributed by atoms with Crippen molar-refractivity contribution in [2.45, 2.75) is 64.1 Å². The summed E-state index contributed by atoms with van der Waals surface area (Å²) in [5.74, 6) is -0.950. The first-order valence-electron chi connectivity index (χ1n) is 8.07. The van der Waals surface area contributed by atoms with Crippen LogP contribution in [-0.2, 0) is 4.79 Å². The van der Waals surface area contributed by atoms with Crippen LogP contribution < -0.4 is 5.32 Å². The van der Waals surface area contributed by atoms with Crippen molar-refractivity contribution in [3.63, 3.8) is 0 Å². The molecule has 0 aromatic rings. The van der Waals surface area contributed by atoms with Crippen LogP contribution in [0.1, 0.15) is 46.0 Å². The number of piperidine rings is 1. The maximum absolute atomic E-state index is 12.4. The highest BCUT2D eigenvalue weighted by molar-refractivity contribution is 5.82. The van der Waals surface area contributed by atoms with Gasteiger partial charge in [0.15, 0.2) is 0 Å². The molecule has 21 heavy (non-hydrogen) atoms. The third-order valence-corrected chi connectivity index (χ3v) is 4.62.